The lowest BCUT2D eigenvalue weighted by molar-refractivity contribution is -0.126. The standard InChI is InChI=1S/C12H14N2O/c1-12(2,3)11(15)10(8-13)9-4-6-14-7-5-9/h4-7,10H,1-3H3. The van der Waals surface area contributed by atoms with Gasteiger partial charge in [0, 0.05) is 17.8 Å². The van der Waals surface area contributed by atoms with Crippen molar-refractivity contribution in [2.75, 3.05) is 0 Å². The Kier molecular flexibility index (Phi) is 3.21. The highest BCUT2D eigenvalue weighted by atomic mass is 16.1. The first-order valence-corrected chi connectivity index (χ1v) is 4.80. The van der Waals surface area contributed by atoms with Gasteiger partial charge in [-0.05, 0) is 17.7 Å². The number of hydrogen-bond donors (Lipinski definition) is 0. The van der Waals surface area contributed by atoms with Crippen molar-refractivity contribution < 1.29 is 4.79 Å². The second-order valence-electron chi connectivity index (χ2n) is 4.46. The van der Waals surface area contributed by atoms with Crippen molar-refractivity contribution in [1.82, 2.24) is 4.98 Å². The molecule has 3 nitrogen and oxygen atoms in total. The molecule has 0 spiro atoms. The fourth-order valence-electron chi connectivity index (χ4n) is 1.27. The van der Waals surface area contributed by atoms with Crippen LogP contribution in [0.2, 0.25) is 0 Å². The van der Waals surface area contributed by atoms with Crippen molar-refractivity contribution in [2.24, 2.45) is 5.41 Å². The Morgan fingerprint density at radius 3 is 2.33 bits per heavy atom. The third-order valence-electron chi connectivity index (χ3n) is 2.17. The highest BCUT2D eigenvalue weighted by molar-refractivity contribution is 5.92. The lowest BCUT2D eigenvalue weighted by Gasteiger charge is -2.20. The van der Waals surface area contributed by atoms with Crippen molar-refractivity contribution in [3.8, 4) is 6.07 Å². The minimum absolute atomic E-state index is 0.0591. The van der Waals surface area contributed by atoms with Crippen LogP contribution in [0.1, 0.15) is 32.3 Å². The van der Waals surface area contributed by atoms with Crippen LogP contribution in [0.3, 0.4) is 0 Å². The van der Waals surface area contributed by atoms with E-state index in [0.717, 1.165) is 0 Å². The number of nitrogens with zero attached hydrogens (tertiary/aromatic N) is 2. The predicted molar refractivity (Wildman–Crippen MR) is 57.1 cm³/mol. The second-order valence-corrected chi connectivity index (χ2v) is 4.46. The average molecular weight is 202 g/mol. The number of aromatic nitrogens is 1. The van der Waals surface area contributed by atoms with Crippen molar-refractivity contribution >= 4 is 5.78 Å². The van der Waals surface area contributed by atoms with Gasteiger partial charge in [0.15, 0.2) is 5.78 Å². The quantitative estimate of drug-likeness (QED) is 0.739. The minimum atomic E-state index is -0.687. The molecule has 78 valence electrons. The van der Waals surface area contributed by atoms with E-state index >= 15 is 0 Å². The van der Waals surface area contributed by atoms with Crippen LogP contribution in [0.5, 0.6) is 0 Å². The highest BCUT2D eigenvalue weighted by Crippen LogP contribution is 2.26. The summed E-state index contributed by atoms with van der Waals surface area (Å²) in [7, 11) is 0. The summed E-state index contributed by atoms with van der Waals surface area (Å²) in [6.07, 6.45) is 3.19. The van der Waals surface area contributed by atoms with Gasteiger partial charge < -0.3 is 0 Å². The van der Waals surface area contributed by atoms with Crippen LogP contribution in [0.25, 0.3) is 0 Å². The molecule has 3 heteroatoms. The molecule has 1 rings (SSSR count). The van der Waals surface area contributed by atoms with Crippen LogP contribution in [0.4, 0.5) is 0 Å². The smallest absolute Gasteiger partial charge is 0.159 e. The molecule has 0 N–H and O–H groups in total. The molecule has 0 radical (unpaired) electrons. The molecule has 0 saturated carbocycles. The van der Waals surface area contributed by atoms with E-state index in [1.54, 1.807) is 24.5 Å². The van der Waals surface area contributed by atoms with E-state index in [0.29, 0.717) is 5.56 Å². The van der Waals surface area contributed by atoms with Crippen molar-refractivity contribution in [1.29, 1.82) is 5.26 Å². The van der Waals surface area contributed by atoms with Gasteiger partial charge in [0.2, 0.25) is 0 Å². The van der Waals surface area contributed by atoms with E-state index in [-0.39, 0.29) is 5.78 Å². The summed E-state index contributed by atoms with van der Waals surface area (Å²) in [5, 5.41) is 9.02. The molecule has 0 aliphatic rings. The van der Waals surface area contributed by atoms with E-state index in [4.69, 9.17) is 5.26 Å². The van der Waals surface area contributed by atoms with E-state index in [2.05, 4.69) is 4.98 Å². The molecule has 1 heterocycles. The van der Waals surface area contributed by atoms with E-state index in [9.17, 15) is 4.79 Å². The summed E-state index contributed by atoms with van der Waals surface area (Å²) in [5.41, 5.74) is 0.219. The number of rotatable bonds is 2. The third kappa shape index (κ3) is 2.63. The average Bonchev–Trinajstić information content (AvgIpc) is 2.19. The van der Waals surface area contributed by atoms with E-state index in [1.165, 1.54) is 0 Å². The Hall–Kier alpha value is -1.69. The molecule has 0 aromatic carbocycles. The van der Waals surface area contributed by atoms with Gasteiger partial charge in [-0.25, -0.2) is 0 Å². The van der Waals surface area contributed by atoms with Gasteiger partial charge in [-0.15, -0.1) is 0 Å². The number of Topliss-reactive ketones (excluding diaryl/α,β-unsaturated/α-hetero) is 1. The first kappa shape index (κ1) is 11.4. The van der Waals surface area contributed by atoms with Gasteiger partial charge >= 0.3 is 0 Å². The van der Waals surface area contributed by atoms with Crippen molar-refractivity contribution in [3.63, 3.8) is 0 Å². The molecule has 1 unspecified atom stereocenters. The van der Waals surface area contributed by atoms with Crippen LogP contribution >= 0.6 is 0 Å². The SMILES string of the molecule is CC(C)(C)C(=O)C(C#N)c1ccncc1. The van der Waals surface area contributed by atoms with Crippen molar-refractivity contribution in [2.45, 2.75) is 26.7 Å². The van der Waals surface area contributed by atoms with Crippen LogP contribution in [-0.2, 0) is 4.79 Å². The second kappa shape index (κ2) is 4.22. The number of nitriles is 1. The Balaban J connectivity index is 3.03. The van der Waals surface area contributed by atoms with Crippen LogP contribution in [0, 0.1) is 16.7 Å². The normalized spacial score (nSPS) is 12.9. The van der Waals surface area contributed by atoms with Gasteiger partial charge in [-0.3, -0.25) is 9.78 Å². The maximum atomic E-state index is 12.0. The lowest BCUT2D eigenvalue weighted by atomic mass is 9.81. The summed E-state index contributed by atoms with van der Waals surface area (Å²) in [4.78, 5) is 15.8. The molecular formula is C12H14N2O. The van der Waals surface area contributed by atoms with Gasteiger partial charge in [-0.1, -0.05) is 20.8 Å². The van der Waals surface area contributed by atoms with Gasteiger partial charge in [-0.2, -0.15) is 5.26 Å². The molecule has 1 atom stereocenters. The summed E-state index contributed by atoms with van der Waals surface area (Å²) in [6, 6.07) is 5.46. The molecule has 0 saturated heterocycles. The third-order valence-corrected chi connectivity index (χ3v) is 2.17. The zero-order valence-corrected chi connectivity index (χ0v) is 9.19. The predicted octanol–water partition coefficient (Wildman–Crippen LogP) is 2.30. The lowest BCUT2D eigenvalue weighted by Crippen LogP contribution is -2.26. The molecule has 0 bridgehead atoms. The largest absolute Gasteiger partial charge is 0.297 e. The van der Waals surface area contributed by atoms with E-state index in [1.807, 2.05) is 26.8 Å². The zero-order chi connectivity index (χ0) is 11.5. The van der Waals surface area contributed by atoms with Gasteiger partial charge in [0.05, 0.1) is 6.07 Å². The molecular weight excluding hydrogens is 188 g/mol. The topological polar surface area (TPSA) is 53.8 Å². The van der Waals surface area contributed by atoms with Gasteiger partial charge in [0.1, 0.15) is 5.92 Å². The molecule has 1 aromatic rings. The maximum Gasteiger partial charge on any atom is 0.159 e. The van der Waals surface area contributed by atoms with E-state index < -0.39 is 11.3 Å². The summed E-state index contributed by atoms with van der Waals surface area (Å²) in [5.74, 6) is -0.746. The zero-order valence-electron chi connectivity index (χ0n) is 9.19. The minimum Gasteiger partial charge on any atom is -0.297 e. The first-order valence-electron chi connectivity index (χ1n) is 4.80. The molecule has 0 fully saturated rings. The Morgan fingerprint density at radius 1 is 1.40 bits per heavy atom. The summed E-state index contributed by atoms with van der Waals surface area (Å²) >= 11 is 0. The number of pyridine rings is 1. The van der Waals surface area contributed by atoms with Crippen molar-refractivity contribution in [3.05, 3.63) is 30.1 Å². The number of ketones is 1. The first-order chi connectivity index (χ1) is 6.96. The maximum absolute atomic E-state index is 12.0. The fraction of sp³-hybridized carbons (Fsp3) is 0.417. The van der Waals surface area contributed by atoms with Gasteiger partial charge in [0.25, 0.3) is 0 Å². The number of hydrogen-bond acceptors (Lipinski definition) is 3. The molecule has 0 amide bonds. The van der Waals surface area contributed by atoms with Crippen LogP contribution < -0.4 is 0 Å². The number of carbonyl (C=O) groups excluding carboxylic acids is 1. The monoisotopic (exact) mass is 202 g/mol. The van der Waals surface area contributed by atoms with Crippen LogP contribution in [-0.4, -0.2) is 10.8 Å². The Labute approximate surface area is 89.8 Å². The summed E-state index contributed by atoms with van der Waals surface area (Å²) < 4.78 is 0. The molecule has 15 heavy (non-hydrogen) atoms. The molecule has 0 aliphatic carbocycles. The Morgan fingerprint density at radius 2 is 1.93 bits per heavy atom. The Bertz CT molecular complexity index is 384. The number of carbonyl (C=O) groups is 1. The molecule has 0 aliphatic heterocycles. The molecule has 1 aromatic heterocycles. The highest BCUT2D eigenvalue weighted by Gasteiger charge is 2.30. The summed E-state index contributed by atoms with van der Waals surface area (Å²) in [6.45, 7) is 5.46. The van der Waals surface area contributed by atoms with Crippen LogP contribution in [0.15, 0.2) is 24.5 Å². The fourth-order valence-corrected chi connectivity index (χ4v) is 1.27.